The molecule has 0 aromatic heterocycles. The van der Waals surface area contributed by atoms with Crippen LogP contribution >= 0.6 is 0 Å². The molecular formula is C8H16N4O4S. The molecule has 17 heavy (non-hydrogen) atoms. The lowest BCUT2D eigenvalue weighted by atomic mass is 10.5. The van der Waals surface area contributed by atoms with Crippen molar-refractivity contribution in [3.8, 4) is 0 Å². The molecule has 0 amide bonds. The van der Waals surface area contributed by atoms with Crippen LogP contribution in [0, 0.1) is 0 Å². The maximum atomic E-state index is 11.7. The van der Waals surface area contributed by atoms with Gasteiger partial charge in [0.25, 0.3) is 0 Å². The molecule has 0 spiro atoms. The Balaban J connectivity index is 4.48. The molecule has 0 aromatic rings. The average Bonchev–Trinajstić information content (AvgIpc) is 2.23. The summed E-state index contributed by atoms with van der Waals surface area (Å²) in [4.78, 5) is 13.0. The number of carbonyl (C=O) groups is 1. The van der Waals surface area contributed by atoms with E-state index in [1.54, 1.807) is 6.92 Å². The third-order valence-corrected chi connectivity index (χ3v) is 3.80. The highest BCUT2D eigenvalue weighted by molar-refractivity contribution is 7.89. The van der Waals surface area contributed by atoms with Gasteiger partial charge in [-0.3, -0.25) is 4.79 Å². The summed E-state index contributed by atoms with van der Waals surface area (Å²) in [6, 6.07) is 0. The second-order valence-corrected chi connectivity index (χ2v) is 5.44. The maximum absolute atomic E-state index is 11.7. The van der Waals surface area contributed by atoms with Gasteiger partial charge in [-0.25, -0.2) is 8.42 Å². The van der Waals surface area contributed by atoms with Crippen LogP contribution in [-0.4, -0.2) is 49.2 Å². The summed E-state index contributed by atoms with van der Waals surface area (Å²) >= 11 is 0. The standard InChI is InChI=1S/C8H16N4O4S/c1-2-5-12(7-8(13)14)17(15,16)6-3-4-10-11-9/h2-7H2,1H3,(H,13,14). The molecule has 9 heteroatoms. The van der Waals surface area contributed by atoms with Crippen molar-refractivity contribution in [1.29, 1.82) is 0 Å². The fourth-order valence-corrected chi connectivity index (χ4v) is 2.73. The molecule has 0 aliphatic heterocycles. The molecule has 0 saturated heterocycles. The zero-order valence-electron chi connectivity index (χ0n) is 9.61. The number of rotatable bonds is 9. The van der Waals surface area contributed by atoms with Gasteiger partial charge in [0.2, 0.25) is 10.0 Å². The SMILES string of the molecule is CCCN(CC(=O)O)S(=O)(=O)CCCN=[N+]=[N-]. The summed E-state index contributed by atoms with van der Waals surface area (Å²) in [6.45, 7) is 1.50. The number of hydrogen-bond donors (Lipinski definition) is 1. The Morgan fingerprint density at radius 2 is 2.18 bits per heavy atom. The van der Waals surface area contributed by atoms with Crippen LogP contribution in [0.3, 0.4) is 0 Å². The van der Waals surface area contributed by atoms with E-state index in [1.807, 2.05) is 0 Å². The van der Waals surface area contributed by atoms with Gasteiger partial charge in [-0.2, -0.15) is 4.31 Å². The molecule has 98 valence electrons. The van der Waals surface area contributed by atoms with Crippen LogP contribution in [-0.2, 0) is 14.8 Å². The van der Waals surface area contributed by atoms with E-state index in [0.717, 1.165) is 4.31 Å². The molecule has 0 aromatic carbocycles. The minimum atomic E-state index is -3.59. The van der Waals surface area contributed by atoms with E-state index >= 15 is 0 Å². The van der Waals surface area contributed by atoms with E-state index in [2.05, 4.69) is 10.0 Å². The number of carboxylic acids is 1. The number of nitrogens with zero attached hydrogens (tertiary/aromatic N) is 4. The lowest BCUT2D eigenvalue weighted by molar-refractivity contribution is -0.137. The smallest absolute Gasteiger partial charge is 0.318 e. The Kier molecular flexibility index (Phi) is 7.27. The average molecular weight is 264 g/mol. The fourth-order valence-electron chi connectivity index (χ4n) is 1.21. The molecule has 0 fully saturated rings. The van der Waals surface area contributed by atoms with Crippen molar-refractivity contribution < 1.29 is 18.3 Å². The van der Waals surface area contributed by atoms with Gasteiger partial charge in [-0.05, 0) is 18.4 Å². The van der Waals surface area contributed by atoms with Gasteiger partial charge in [0, 0.05) is 18.0 Å². The molecule has 0 heterocycles. The molecule has 0 aliphatic carbocycles. The second kappa shape index (κ2) is 7.88. The zero-order chi connectivity index (χ0) is 13.3. The summed E-state index contributed by atoms with van der Waals surface area (Å²) < 4.78 is 24.4. The predicted molar refractivity (Wildman–Crippen MR) is 61.9 cm³/mol. The van der Waals surface area contributed by atoms with Gasteiger partial charge in [0.05, 0.1) is 5.75 Å². The van der Waals surface area contributed by atoms with Gasteiger partial charge < -0.3 is 5.11 Å². The van der Waals surface area contributed by atoms with Crippen LogP contribution in [0.25, 0.3) is 10.4 Å². The van der Waals surface area contributed by atoms with Crippen molar-refractivity contribution in [2.24, 2.45) is 5.11 Å². The van der Waals surface area contributed by atoms with Crippen LogP contribution in [0.4, 0.5) is 0 Å². The molecule has 0 bridgehead atoms. The van der Waals surface area contributed by atoms with Gasteiger partial charge in [-0.1, -0.05) is 12.0 Å². The monoisotopic (exact) mass is 264 g/mol. The van der Waals surface area contributed by atoms with Crippen molar-refractivity contribution in [3.63, 3.8) is 0 Å². The Hall–Kier alpha value is -1.31. The minimum Gasteiger partial charge on any atom is -0.480 e. The van der Waals surface area contributed by atoms with Crippen molar-refractivity contribution in [2.45, 2.75) is 19.8 Å². The number of carboxylic acid groups (broad SMARTS) is 1. The zero-order valence-corrected chi connectivity index (χ0v) is 10.4. The molecule has 1 N–H and O–H groups in total. The van der Waals surface area contributed by atoms with Gasteiger partial charge >= 0.3 is 5.97 Å². The Morgan fingerprint density at radius 3 is 2.65 bits per heavy atom. The summed E-state index contributed by atoms with van der Waals surface area (Å²) in [5.41, 5.74) is 8.03. The Labute approximate surface area is 99.9 Å². The number of sulfonamides is 1. The first-order valence-electron chi connectivity index (χ1n) is 5.14. The highest BCUT2D eigenvalue weighted by Crippen LogP contribution is 2.05. The summed E-state index contributed by atoms with van der Waals surface area (Å²) in [6.07, 6.45) is 0.731. The van der Waals surface area contributed by atoms with Crippen LogP contribution in [0.15, 0.2) is 5.11 Å². The highest BCUT2D eigenvalue weighted by atomic mass is 32.2. The highest BCUT2D eigenvalue weighted by Gasteiger charge is 2.22. The van der Waals surface area contributed by atoms with E-state index in [9.17, 15) is 13.2 Å². The van der Waals surface area contributed by atoms with E-state index in [-0.39, 0.29) is 25.3 Å². The minimum absolute atomic E-state index is 0.0861. The van der Waals surface area contributed by atoms with Crippen molar-refractivity contribution in [2.75, 3.05) is 25.4 Å². The fraction of sp³-hybridized carbons (Fsp3) is 0.875. The summed E-state index contributed by atoms with van der Waals surface area (Å²) in [7, 11) is -3.59. The summed E-state index contributed by atoms with van der Waals surface area (Å²) in [5, 5.41) is 11.8. The lowest BCUT2D eigenvalue weighted by Crippen LogP contribution is -2.37. The number of azide groups is 1. The lowest BCUT2D eigenvalue weighted by Gasteiger charge is -2.19. The van der Waals surface area contributed by atoms with E-state index in [0.29, 0.717) is 6.42 Å². The molecule has 0 aliphatic rings. The van der Waals surface area contributed by atoms with Crippen LogP contribution in [0.1, 0.15) is 19.8 Å². The maximum Gasteiger partial charge on any atom is 0.318 e. The molecule has 0 radical (unpaired) electrons. The number of hydrogen-bond acceptors (Lipinski definition) is 4. The third kappa shape index (κ3) is 6.77. The van der Waals surface area contributed by atoms with Crippen molar-refractivity contribution in [3.05, 3.63) is 10.4 Å². The molecule has 0 atom stereocenters. The number of aliphatic carboxylic acids is 1. The Bertz CT molecular complexity index is 388. The molecule has 8 nitrogen and oxygen atoms in total. The first-order valence-corrected chi connectivity index (χ1v) is 6.75. The van der Waals surface area contributed by atoms with Crippen molar-refractivity contribution in [1.82, 2.24) is 4.31 Å². The first kappa shape index (κ1) is 15.7. The van der Waals surface area contributed by atoms with Crippen LogP contribution in [0.2, 0.25) is 0 Å². The second-order valence-electron chi connectivity index (χ2n) is 3.35. The third-order valence-electron chi connectivity index (χ3n) is 1.90. The van der Waals surface area contributed by atoms with Crippen molar-refractivity contribution >= 4 is 16.0 Å². The van der Waals surface area contributed by atoms with E-state index in [1.165, 1.54) is 0 Å². The largest absolute Gasteiger partial charge is 0.480 e. The normalized spacial score (nSPS) is 11.2. The molecule has 0 rings (SSSR count). The quantitative estimate of drug-likeness (QED) is 0.286. The van der Waals surface area contributed by atoms with Gasteiger partial charge in [0.15, 0.2) is 0 Å². The first-order chi connectivity index (χ1) is 7.94. The van der Waals surface area contributed by atoms with E-state index in [4.69, 9.17) is 10.6 Å². The van der Waals surface area contributed by atoms with Gasteiger partial charge in [0.1, 0.15) is 6.54 Å². The van der Waals surface area contributed by atoms with E-state index < -0.39 is 22.5 Å². The van der Waals surface area contributed by atoms with Crippen LogP contribution in [0.5, 0.6) is 0 Å². The van der Waals surface area contributed by atoms with Crippen LogP contribution < -0.4 is 0 Å². The Morgan fingerprint density at radius 1 is 1.53 bits per heavy atom. The summed E-state index contributed by atoms with van der Waals surface area (Å²) in [5.74, 6) is -1.39. The molecule has 0 saturated carbocycles. The predicted octanol–water partition coefficient (Wildman–Crippen LogP) is 0.813. The topological polar surface area (TPSA) is 123 Å². The molecular weight excluding hydrogens is 248 g/mol. The van der Waals surface area contributed by atoms with Gasteiger partial charge in [-0.15, -0.1) is 0 Å². The molecule has 0 unspecified atom stereocenters.